The van der Waals surface area contributed by atoms with Gasteiger partial charge in [0.1, 0.15) is 11.8 Å². The van der Waals surface area contributed by atoms with Crippen molar-refractivity contribution in [1.82, 2.24) is 0 Å². The maximum Gasteiger partial charge on any atom is 0.390 e. The molecule has 1 aromatic rings. The molecule has 0 aromatic heterocycles. The van der Waals surface area contributed by atoms with Crippen LogP contribution in [0.4, 0.5) is 0 Å². The number of hydrogen-bond acceptors (Lipinski definition) is 7. The summed E-state index contributed by atoms with van der Waals surface area (Å²) in [7, 11) is 0. The molecule has 7 heteroatoms. The summed E-state index contributed by atoms with van der Waals surface area (Å²) >= 11 is 0. The van der Waals surface area contributed by atoms with Crippen molar-refractivity contribution in [2.45, 2.75) is 25.5 Å². The number of phenolic OH excluding ortho intramolecular Hbond substituents is 1. The first-order chi connectivity index (χ1) is 8.75. The Morgan fingerprint density at radius 2 is 2.00 bits per heavy atom. The summed E-state index contributed by atoms with van der Waals surface area (Å²) in [6.45, 7) is 2.49. The lowest BCUT2D eigenvalue weighted by molar-refractivity contribution is -0.271. The average Bonchev–Trinajstić information content (AvgIpc) is 2.35. The van der Waals surface area contributed by atoms with Crippen LogP contribution in [-0.2, 0) is 25.0 Å². The third kappa shape index (κ3) is 3.67. The zero-order valence-corrected chi connectivity index (χ0v) is 10.5. The smallest absolute Gasteiger partial charge is 0.390 e. The lowest BCUT2D eigenvalue weighted by Gasteiger charge is -2.20. The predicted molar refractivity (Wildman–Crippen MR) is 63.5 cm³/mol. The van der Waals surface area contributed by atoms with Crippen LogP contribution in [0.3, 0.4) is 0 Å². The highest BCUT2D eigenvalue weighted by molar-refractivity contribution is 5.82. The van der Waals surface area contributed by atoms with Crippen LogP contribution >= 0.6 is 0 Å². The topological polar surface area (TPSA) is 119 Å². The molecule has 0 amide bonds. The summed E-state index contributed by atoms with van der Waals surface area (Å²) in [4.78, 5) is 31.0. The molecular weight excluding hydrogens is 254 g/mol. The van der Waals surface area contributed by atoms with E-state index < -0.39 is 23.6 Å². The second kappa shape index (κ2) is 5.68. The third-order valence-electron chi connectivity index (χ3n) is 2.38. The van der Waals surface area contributed by atoms with Crippen molar-refractivity contribution in [3.63, 3.8) is 0 Å². The van der Waals surface area contributed by atoms with Gasteiger partial charge in [-0.15, -0.1) is 0 Å². The molecule has 4 N–H and O–H groups in total. The van der Waals surface area contributed by atoms with Crippen molar-refractivity contribution in [3.8, 4) is 5.75 Å². The molecule has 0 saturated carbocycles. The van der Waals surface area contributed by atoms with Crippen molar-refractivity contribution >= 4 is 11.9 Å². The Labute approximate surface area is 109 Å². The van der Waals surface area contributed by atoms with Gasteiger partial charge in [0, 0.05) is 0 Å². The van der Waals surface area contributed by atoms with Crippen LogP contribution in [0.25, 0.3) is 0 Å². The van der Waals surface area contributed by atoms with Gasteiger partial charge in [0.05, 0.1) is 0 Å². The third-order valence-corrected chi connectivity index (χ3v) is 2.38. The molecule has 19 heavy (non-hydrogen) atoms. The Balaban J connectivity index is 2.77. The number of aromatic hydroxyl groups is 1. The number of rotatable bonds is 3. The highest BCUT2D eigenvalue weighted by Crippen LogP contribution is 2.25. The summed E-state index contributed by atoms with van der Waals surface area (Å²) in [6.07, 6.45) is 0. The Hall–Kier alpha value is -2.12. The van der Waals surface area contributed by atoms with E-state index in [0.29, 0.717) is 0 Å². The zero-order chi connectivity index (χ0) is 14.6. The van der Waals surface area contributed by atoms with Crippen LogP contribution in [0.5, 0.6) is 5.75 Å². The quantitative estimate of drug-likeness (QED) is 0.519. The number of carbonyl (C=O) groups is 2. The molecule has 7 nitrogen and oxygen atoms in total. The summed E-state index contributed by atoms with van der Waals surface area (Å²) in [5.41, 5.74) is 3.22. The van der Waals surface area contributed by atoms with Crippen LogP contribution in [0.15, 0.2) is 24.3 Å². The fourth-order valence-corrected chi connectivity index (χ4v) is 1.16. The second-order valence-corrected chi connectivity index (χ2v) is 4.18. The van der Waals surface area contributed by atoms with Gasteiger partial charge in [0.2, 0.25) is 0 Å². The van der Waals surface area contributed by atoms with Crippen molar-refractivity contribution in [1.29, 1.82) is 0 Å². The summed E-state index contributed by atoms with van der Waals surface area (Å²) in [6, 6.07) is 4.46. The SMILES string of the molecule is CC(N)C(=O)OOC(=O)C(C)(O)c1cccc(O)c1. The first-order valence-corrected chi connectivity index (χ1v) is 5.45. The minimum atomic E-state index is -2.07. The van der Waals surface area contributed by atoms with Gasteiger partial charge < -0.3 is 15.9 Å². The van der Waals surface area contributed by atoms with E-state index >= 15 is 0 Å². The van der Waals surface area contributed by atoms with Crippen LogP contribution in [-0.4, -0.2) is 28.2 Å². The van der Waals surface area contributed by atoms with E-state index in [1.165, 1.54) is 31.2 Å². The fraction of sp³-hybridized carbons (Fsp3) is 0.333. The fourth-order valence-electron chi connectivity index (χ4n) is 1.16. The van der Waals surface area contributed by atoms with E-state index in [0.717, 1.165) is 6.92 Å². The van der Waals surface area contributed by atoms with E-state index in [-0.39, 0.29) is 11.3 Å². The molecule has 2 unspecified atom stereocenters. The number of carbonyl (C=O) groups excluding carboxylic acids is 2. The van der Waals surface area contributed by atoms with E-state index in [9.17, 15) is 19.8 Å². The van der Waals surface area contributed by atoms with Gasteiger partial charge >= 0.3 is 11.9 Å². The lowest BCUT2D eigenvalue weighted by atomic mass is 9.96. The summed E-state index contributed by atoms with van der Waals surface area (Å²) < 4.78 is 0. The van der Waals surface area contributed by atoms with Crippen LogP contribution < -0.4 is 5.73 Å². The van der Waals surface area contributed by atoms with Gasteiger partial charge in [0.25, 0.3) is 0 Å². The first kappa shape index (κ1) is 14.9. The maximum atomic E-state index is 11.6. The van der Waals surface area contributed by atoms with Crippen molar-refractivity contribution in [2.24, 2.45) is 5.73 Å². The van der Waals surface area contributed by atoms with Crippen LogP contribution in [0, 0.1) is 0 Å². The Bertz CT molecular complexity index is 483. The zero-order valence-electron chi connectivity index (χ0n) is 10.5. The lowest BCUT2D eigenvalue weighted by Crippen LogP contribution is -2.36. The molecule has 0 bridgehead atoms. The highest BCUT2D eigenvalue weighted by atomic mass is 17.2. The van der Waals surface area contributed by atoms with Crippen molar-refractivity contribution < 1.29 is 29.6 Å². The Morgan fingerprint density at radius 3 is 2.53 bits per heavy atom. The molecule has 0 saturated heterocycles. The van der Waals surface area contributed by atoms with Crippen molar-refractivity contribution in [3.05, 3.63) is 29.8 Å². The number of phenols is 1. The molecule has 0 fully saturated rings. The molecule has 104 valence electrons. The largest absolute Gasteiger partial charge is 0.508 e. The first-order valence-electron chi connectivity index (χ1n) is 5.45. The van der Waals surface area contributed by atoms with E-state index in [1.54, 1.807) is 0 Å². The number of nitrogens with two attached hydrogens (primary N) is 1. The molecule has 0 heterocycles. The molecule has 0 aliphatic rings. The molecule has 2 atom stereocenters. The molecule has 0 spiro atoms. The number of aliphatic hydroxyl groups is 1. The molecule has 1 rings (SSSR count). The predicted octanol–water partition coefficient (Wildman–Crippen LogP) is -0.0517. The van der Waals surface area contributed by atoms with Gasteiger partial charge in [0.15, 0.2) is 5.60 Å². The van der Waals surface area contributed by atoms with Gasteiger partial charge in [-0.25, -0.2) is 19.4 Å². The Morgan fingerprint density at radius 1 is 1.37 bits per heavy atom. The standard InChI is InChI=1S/C12H15NO6/c1-7(13)10(15)18-19-11(16)12(2,17)8-4-3-5-9(14)6-8/h3-7,14,17H,13H2,1-2H3. The van der Waals surface area contributed by atoms with Crippen LogP contribution in [0.1, 0.15) is 19.4 Å². The monoisotopic (exact) mass is 269 g/mol. The van der Waals surface area contributed by atoms with E-state index in [2.05, 4.69) is 9.78 Å². The molecular formula is C12H15NO6. The molecule has 1 aromatic carbocycles. The van der Waals surface area contributed by atoms with Gasteiger partial charge in [-0.1, -0.05) is 12.1 Å². The maximum absolute atomic E-state index is 11.6. The summed E-state index contributed by atoms with van der Waals surface area (Å²) in [5, 5.41) is 19.3. The molecule has 0 aliphatic carbocycles. The van der Waals surface area contributed by atoms with E-state index in [1.807, 2.05) is 0 Å². The number of hydrogen-bond donors (Lipinski definition) is 3. The second-order valence-electron chi connectivity index (χ2n) is 4.18. The normalized spacial score (nSPS) is 15.2. The van der Waals surface area contributed by atoms with E-state index in [4.69, 9.17) is 5.73 Å². The Kier molecular flexibility index (Phi) is 4.47. The van der Waals surface area contributed by atoms with Gasteiger partial charge in [-0.05, 0) is 31.5 Å². The van der Waals surface area contributed by atoms with Crippen LogP contribution in [0.2, 0.25) is 0 Å². The van der Waals surface area contributed by atoms with Gasteiger partial charge in [-0.3, -0.25) is 0 Å². The van der Waals surface area contributed by atoms with Gasteiger partial charge in [-0.2, -0.15) is 0 Å². The minimum absolute atomic E-state index is 0.0920. The minimum Gasteiger partial charge on any atom is -0.508 e. The highest BCUT2D eigenvalue weighted by Gasteiger charge is 2.36. The average molecular weight is 269 g/mol. The van der Waals surface area contributed by atoms with Crippen molar-refractivity contribution in [2.75, 3.05) is 0 Å². The summed E-state index contributed by atoms with van der Waals surface area (Å²) in [5.74, 6) is -2.27. The number of benzene rings is 1. The molecule has 0 aliphatic heterocycles. The molecule has 0 radical (unpaired) electrons.